The molecule has 4 aromatic rings. The fourth-order valence-electron chi connectivity index (χ4n) is 3.83. The van der Waals surface area contributed by atoms with E-state index in [-0.39, 0.29) is 5.82 Å². The van der Waals surface area contributed by atoms with Crippen LogP contribution in [0.1, 0.15) is 0 Å². The van der Waals surface area contributed by atoms with Crippen LogP contribution in [0.15, 0.2) is 55.2 Å². The number of halogens is 1. The Morgan fingerprint density at radius 1 is 0.963 bits per heavy atom. The molecule has 0 radical (unpaired) electrons. The third kappa shape index (κ3) is 3.04. The monoisotopic (exact) mass is 364 g/mol. The highest BCUT2D eigenvalue weighted by Crippen LogP contribution is 2.26. The summed E-state index contributed by atoms with van der Waals surface area (Å²) >= 11 is 0. The third-order valence-corrected chi connectivity index (χ3v) is 5.31. The van der Waals surface area contributed by atoms with E-state index >= 15 is 0 Å². The molecule has 138 valence electrons. The van der Waals surface area contributed by atoms with E-state index in [9.17, 15) is 4.39 Å². The highest BCUT2D eigenvalue weighted by Gasteiger charge is 2.21. The summed E-state index contributed by atoms with van der Waals surface area (Å²) in [5.41, 5.74) is 2.69. The van der Waals surface area contributed by atoms with Crippen molar-refractivity contribution in [1.29, 1.82) is 0 Å². The zero-order valence-corrected chi connectivity index (χ0v) is 15.0. The Morgan fingerprint density at radius 2 is 1.85 bits per heavy atom. The van der Waals surface area contributed by atoms with Crippen LogP contribution in [0.4, 0.5) is 10.2 Å². The van der Waals surface area contributed by atoms with Crippen LogP contribution < -0.4 is 4.90 Å². The molecule has 27 heavy (non-hydrogen) atoms. The largest absolute Gasteiger partial charge is 0.352 e. The molecule has 1 saturated heterocycles. The van der Waals surface area contributed by atoms with Gasteiger partial charge in [0.1, 0.15) is 5.82 Å². The third-order valence-electron chi connectivity index (χ3n) is 5.31. The molecule has 0 saturated carbocycles. The van der Waals surface area contributed by atoms with Gasteiger partial charge in [0, 0.05) is 63.9 Å². The molecule has 0 aliphatic carbocycles. The van der Waals surface area contributed by atoms with Crippen molar-refractivity contribution in [3.05, 3.63) is 61.1 Å². The van der Waals surface area contributed by atoms with Crippen molar-refractivity contribution in [2.75, 3.05) is 37.6 Å². The second-order valence-corrected chi connectivity index (χ2v) is 6.96. The summed E-state index contributed by atoms with van der Waals surface area (Å²) < 4.78 is 17.9. The van der Waals surface area contributed by atoms with Gasteiger partial charge in [-0.2, -0.15) is 0 Å². The number of hydrogen-bond acceptors (Lipinski definition) is 4. The van der Waals surface area contributed by atoms with Crippen molar-refractivity contribution < 1.29 is 4.39 Å². The van der Waals surface area contributed by atoms with E-state index in [1.54, 1.807) is 6.07 Å². The number of piperazine rings is 1. The lowest BCUT2D eigenvalue weighted by Gasteiger charge is -2.35. The van der Waals surface area contributed by atoms with Gasteiger partial charge in [-0.15, -0.1) is 0 Å². The number of aromatic nitrogens is 4. The predicted molar refractivity (Wildman–Crippen MR) is 104 cm³/mol. The number of anilines is 1. The van der Waals surface area contributed by atoms with Gasteiger partial charge >= 0.3 is 0 Å². The summed E-state index contributed by atoms with van der Waals surface area (Å²) in [5, 5.41) is 0. The van der Waals surface area contributed by atoms with Crippen LogP contribution in [-0.2, 0) is 6.54 Å². The molecule has 7 heteroatoms. The van der Waals surface area contributed by atoms with E-state index in [0.29, 0.717) is 5.52 Å². The zero-order chi connectivity index (χ0) is 18.2. The summed E-state index contributed by atoms with van der Waals surface area (Å²) in [7, 11) is 0. The lowest BCUT2D eigenvalue weighted by atomic mass is 10.2. The fourth-order valence-corrected chi connectivity index (χ4v) is 3.83. The quantitative estimate of drug-likeness (QED) is 0.558. The number of rotatable bonds is 4. The Morgan fingerprint density at radius 3 is 2.67 bits per heavy atom. The molecule has 0 spiro atoms. The molecule has 0 unspecified atom stereocenters. The lowest BCUT2D eigenvalue weighted by Crippen LogP contribution is -2.47. The number of hydrogen-bond donors (Lipinski definition) is 0. The van der Waals surface area contributed by atoms with Crippen molar-refractivity contribution in [2.24, 2.45) is 0 Å². The maximum Gasteiger partial charge on any atom is 0.153 e. The first kappa shape index (κ1) is 16.3. The van der Waals surface area contributed by atoms with Crippen molar-refractivity contribution in [3.63, 3.8) is 0 Å². The number of fused-ring (bicyclic) bond motifs is 3. The van der Waals surface area contributed by atoms with Crippen molar-refractivity contribution in [2.45, 2.75) is 6.54 Å². The molecule has 5 rings (SSSR count). The number of benzene rings is 1. The Hall–Kier alpha value is -2.93. The molecular formula is C20H21FN6. The van der Waals surface area contributed by atoms with Gasteiger partial charge in [0.05, 0.1) is 22.9 Å². The molecule has 4 heterocycles. The summed E-state index contributed by atoms with van der Waals surface area (Å²) in [6.07, 6.45) is 7.69. The van der Waals surface area contributed by atoms with E-state index in [4.69, 9.17) is 4.98 Å². The van der Waals surface area contributed by atoms with Gasteiger partial charge in [0.2, 0.25) is 0 Å². The molecule has 3 aromatic heterocycles. The predicted octanol–water partition coefficient (Wildman–Crippen LogP) is 2.65. The first-order chi connectivity index (χ1) is 13.3. The Balaban J connectivity index is 1.37. The van der Waals surface area contributed by atoms with Crippen molar-refractivity contribution in [3.8, 4) is 0 Å². The van der Waals surface area contributed by atoms with E-state index in [1.807, 2.05) is 31.0 Å². The SMILES string of the molecule is Fc1ccc2c(c1)nc(N1CCN(CCn3ccnc3)CC1)c1cccn12. The van der Waals surface area contributed by atoms with Crippen LogP contribution in [0.2, 0.25) is 0 Å². The normalized spacial score (nSPS) is 15.8. The van der Waals surface area contributed by atoms with Crippen LogP contribution in [0.25, 0.3) is 16.6 Å². The molecule has 1 aromatic carbocycles. The van der Waals surface area contributed by atoms with Crippen molar-refractivity contribution in [1.82, 2.24) is 23.8 Å². The summed E-state index contributed by atoms with van der Waals surface area (Å²) in [6.45, 7) is 5.78. The molecule has 0 bridgehead atoms. The standard InChI is InChI=1S/C20H21FN6/c21-16-3-4-18-17(14-16)23-20(19-2-1-6-27(18)19)26-12-10-24(11-13-26)8-9-25-7-5-22-15-25/h1-7,14-15H,8-13H2. The van der Waals surface area contributed by atoms with Crippen LogP contribution in [0.5, 0.6) is 0 Å². The first-order valence-corrected chi connectivity index (χ1v) is 9.27. The van der Waals surface area contributed by atoms with Crippen LogP contribution in [0.3, 0.4) is 0 Å². The molecule has 1 aliphatic rings. The molecule has 1 aliphatic heterocycles. The van der Waals surface area contributed by atoms with Crippen molar-refractivity contribution >= 4 is 22.4 Å². The van der Waals surface area contributed by atoms with Crippen LogP contribution in [0, 0.1) is 5.82 Å². The maximum atomic E-state index is 13.7. The van der Waals surface area contributed by atoms with E-state index in [2.05, 4.69) is 29.8 Å². The smallest absolute Gasteiger partial charge is 0.153 e. The highest BCUT2D eigenvalue weighted by molar-refractivity contribution is 5.85. The fraction of sp³-hybridized carbons (Fsp3) is 0.300. The van der Waals surface area contributed by atoms with Gasteiger partial charge in [0.25, 0.3) is 0 Å². The van der Waals surface area contributed by atoms with Gasteiger partial charge in [0.15, 0.2) is 5.82 Å². The van der Waals surface area contributed by atoms with Gasteiger partial charge in [-0.25, -0.2) is 14.4 Å². The number of nitrogens with zero attached hydrogens (tertiary/aromatic N) is 6. The van der Waals surface area contributed by atoms with Gasteiger partial charge in [-0.05, 0) is 24.3 Å². The average Bonchev–Trinajstić information content (AvgIpc) is 3.38. The van der Waals surface area contributed by atoms with E-state index < -0.39 is 0 Å². The Labute approximate surface area is 156 Å². The van der Waals surface area contributed by atoms with Crippen LogP contribution >= 0.6 is 0 Å². The van der Waals surface area contributed by atoms with Gasteiger partial charge < -0.3 is 13.9 Å². The second kappa shape index (κ2) is 6.66. The van der Waals surface area contributed by atoms with E-state index in [0.717, 1.165) is 56.1 Å². The van der Waals surface area contributed by atoms with E-state index in [1.165, 1.54) is 12.1 Å². The molecule has 0 atom stereocenters. The Bertz CT molecular complexity index is 1060. The average molecular weight is 364 g/mol. The maximum absolute atomic E-state index is 13.7. The summed E-state index contributed by atoms with van der Waals surface area (Å²) in [6, 6.07) is 8.89. The highest BCUT2D eigenvalue weighted by atomic mass is 19.1. The first-order valence-electron chi connectivity index (χ1n) is 9.27. The Kier molecular flexibility index (Phi) is 4.01. The minimum atomic E-state index is -0.253. The molecule has 0 N–H and O–H groups in total. The minimum absolute atomic E-state index is 0.253. The van der Waals surface area contributed by atoms with Crippen LogP contribution in [-0.4, -0.2) is 56.6 Å². The minimum Gasteiger partial charge on any atom is -0.352 e. The molecule has 1 fully saturated rings. The van der Waals surface area contributed by atoms with Gasteiger partial charge in [-0.3, -0.25) is 4.90 Å². The molecule has 6 nitrogen and oxygen atoms in total. The number of imidazole rings is 1. The molecular weight excluding hydrogens is 343 g/mol. The summed E-state index contributed by atoms with van der Waals surface area (Å²) in [4.78, 5) is 13.7. The molecule has 0 amide bonds. The second-order valence-electron chi connectivity index (χ2n) is 6.96. The zero-order valence-electron chi connectivity index (χ0n) is 15.0. The van der Waals surface area contributed by atoms with Gasteiger partial charge in [-0.1, -0.05) is 0 Å². The summed E-state index contributed by atoms with van der Waals surface area (Å²) in [5.74, 6) is 0.684. The topological polar surface area (TPSA) is 41.6 Å². The lowest BCUT2D eigenvalue weighted by molar-refractivity contribution is 0.248.